The summed E-state index contributed by atoms with van der Waals surface area (Å²) in [5, 5.41) is 3.57. The van der Waals surface area contributed by atoms with Crippen LogP contribution in [0.3, 0.4) is 0 Å². The van der Waals surface area contributed by atoms with E-state index in [9.17, 15) is 13.2 Å². The highest BCUT2D eigenvalue weighted by Crippen LogP contribution is 2.27. The van der Waals surface area contributed by atoms with E-state index in [0.29, 0.717) is 5.58 Å². The number of furan rings is 1. The fourth-order valence-corrected chi connectivity index (χ4v) is 5.09. The van der Waals surface area contributed by atoms with E-state index in [1.807, 2.05) is 18.2 Å². The molecule has 0 spiro atoms. The first kappa shape index (κ1) is 18.1. The van der Waals surface area contributed by atoms with Crippen molar-refractivity contribution < 1.29 is 17.6 Å². The summed E-state index contributed by atoms with van der Waals surface area (Å²) < 4.78 is 31.9. The van der Waals surface area contributed by atoms with Gasteiger partial charge in [-0.3, -0.25) is 4.79 Å². The molecule has 9 heteroatoms. The lowest BCUT2D eigenvalue weighted by Crippen LogP contribution is -2.22. The Morgan fingerprint density at radius 3 is 2.72 bits per heavy atom. The molecule has 0 saturated heterocycles. The average molecular weight is 443 g/mol. The Labute approximate surface area is 157 Å². The molecule has 0 aliphatic carbocycles. The molecular weight excluding hydrogens is 428 g/mol. The third kappa shape index (κ3) is 3.64. The Hall–Kier alpha value is -1.68. The fourth-order valence-electron chi connectivity index (χ4n) is 2.17. The Balaban J connectivity index is 1.72. The number of thiophene rings is 1. The minimum atomic E-state index is -3.45. The number of hydrogen-bond donors (Lipinski definition) is 1. The minimum absolute atomic E-state index is 0.208. The summed E-state index contributed by atoms with van der Waals surface area (Å²) in [6.45, 7) is 0.227. The Morgan fingerprint density at radius 1 is 1.28 bits per heavy atom. The van der Waals surface area contributed by atoms with Gasteiger partial charge in [0.05, 0.1) is 11.0 Å². The monoisotopic (exact) mass is 442 g/mol. The van der Waals surface area contributed by atoms with Crippen LogP contribution >= 0.6 is 27.3 Å². The van der Waals surface area contributed by atoms with Crippen molar-refractivity contribution in [1.82, 2.24) is 9.62 Å². The molecule has 2 aromatic heterocycles. The molecule has 3 aromatic rings. The maximum Gasteiger partial charge on any atom is 0.287 e. The molecule has 0 aliphatic heterocycles. The second kappa shape index (κ2) is 6.91. The summed E-state index contributed by atoms with van der Waals surface area (Å²) in [7, 11) is -0.489. The SMILES string of the molecule is CN(C)S(=O)(=O)c1ccc(CNC(=O)c2cc3cccc(Br)c3o2)s1. The van der Waals surface area contributed by atoms with Crippen molar-refractivity contribution in [3.8, 4) is 0 Å². The van der Waals surface area contributed by atoms with E-state index in [-0.39, 0.29) is 22.4 Å². The number of para-hydroxylation sites is 1. The molecule has 0 atom stereocenters. The van der Waals surface area contributed by atoms with Crippen LogP contribution in [0.25, 0.3) is 11.0 Å². The number of rotatable bonds is 5. The van der Waals surface area contributed by atoms with Crippen LogP contribution in [0.15, 0.2) is 49.5 Å². The van der Waals surface area contributed by atoms with Crippen LogP contribution in [0, 0.1) is 0 Å². The summed E-state index contributed by atoms with van der Waals surface area (Å²) in [5.74, 6) is -0.145. The normalized spacial score (nSPS) is 12.0. The van der Waals surface area contributed by atoms with Gasteiger partial charge in [-0.2, -0.15) is 0 Å². The number of hydrogen-bond acceptors (Lipinski definition) is 5. The number of carbonyl (C=O) groups excluding carboxylic acids is 1. The maximum absolute atomic E-state index is 12.3. The maximum atomic E-state index is 12.3. The Bertz CT molecular complexity index is 1040. The molecule has 132 valence electrons. The first-order valence-electron chi connectivity index (χ1n) is 7.26. The highest BCUT2D eigenvalue weighted by molar-refractivity contribution is 9.10. The van der Waals surface area contributed by atoms with E-state index in [0.717, 1.165) is 30.4 Å². The molecule has 0 radical (unpaired) electrons. The van der Waals surface area contributed by atoms with Crippen molar-refractivity contribution >= 4 is 54.2 Å². The van der Waals surface area contributed by atoms with Gasteiger partial charge in [0.25, 0.3) is 15.9 Å². The zero-order chi connectivity index (χ0) is 18.2. The zero-order valence-electron chi connectivity index (χ0n) is 13.4. The molecule has 1 amide bonds. The van der Waals surface area contributed by atoms with Gasteiger partial charge in [0.2, 0.25) is 0 Å². The van der Waals surface area contributed by atoms with Crippen molar-refractivity contribution in [3.63, 3.8) is 0 Å². The lowest BCUT2D eigenvalue weighted by atomic mass is 10.2. The molecule has 3 rings (SSSR count). The molecule has 1 N–H and O–H groups in total. The van der Waals surface area contributed by atoms with Crippen LogP contribution in [0.2, 0.25) is 0 Å². The number of amides is 1. The molecule has 6 nitrogen and oxygen atoms in total. The van der Waals surface area contributed by atoms with Gasteiger partial charge in [-0.25, -0.2) is 12.7 Å². The first-order chi connectivity index (χ1) is 11.8. The Kier molecular flexibility index (Phi) is 5.01. The molecule has 1 aromatic carbocycles. The van der Waals surface area contributed by atoms with Gasteiger partial charge < -0.3 is 9.73 Å². The van der Waals surface area contributed by atoms with Crippen molar-refractivity contribution in [2.45, 2.75) is 10.8 Å². The lowest BCUT2D eigenvalue weighted by Gasteiger charge is -2.08. The highest BCUT2D eigenvalue weighted by Gasteiger charge is 2.20. The van der Waals surface area contributed by atoms with E-state index >= 15 is 0 Å². The third-order valence-electron chi connectivity index (χ3n) is 3.51. The second-order valence-electron chi connectivity index (χ2n) is 5.46. The van der Waals surface area contributed by atoms with Crippen LogP contribution in [-0.2, 0) is 16.6 Å². The van der Waals surface area contributed by atoms with E-state index < -0.39 is 10.0 Å². The van der Waals surface area contributed by atoms with E-state index in [1.165, 1.54) is 14.1 Å². The van der Waals surface area contributed by atoms with Crippen molar-refractivity contribution in [2.24, 2.45) is 0 Å². The average Bonchev–Trinajstić information content (AvgIpc) is 3.20. The summed E-state index contributed by atoms with van der Waals surface area (Å²) in [6, 6.07) is 10.5. The third-order valence-corrected chi connectivity index (χ3v) is 7.51. The molecular formula is C16H15BrN2O4S2. The summed E-state index contributed by atoms with van der Waals surface area (Å²) in [4.78, 5) is 13.0. The van der Waals surface area contributed by atoms with E-state index in [2.05, 4.69) is 21.2 Å². The lowest BCUT2D eigenvalue weighted by molar-refractivity contribution is 0.0925. The van der Waals surface area contributed by atoms with Crippen LogP contribution in [-0.4, -0.2) is 32.7 Å². The molecule has 25 heavy (non-hydrogen) atoms. The van der Waals surface area contributed by atoms with Crippen LogP contribution in [0.4, 0.5) is 0 Å². The molecule has 0 fully saturated rings. The standard InChI is InChI=1S/C16H15BrN2O4S2/c1-19(2)25(21,22)14-7-6-11(24-14)9-18-16(20)13-8-10-4-3-5-12(17)15(10)23-13/h3-8H,9H2,1-2H3,(H,18,20). The summed E-state index contributed by atoms with van der Waals surface area (Å²) in [5.41, 5.74) is 0.614. The van der Waals surface area contributed by atoms with E-state index in [4.69, 9.17) is 4.42 Å². The van der Waals surface area contributed by atoms with E-state index in [1.54, 1.807) is 18.2 Å². The number of nitrogens with zero attached hydrogens (tertiary/aromatic N) is 1. The molecule has 2 heterocycles. The van der Waals surface area contributed by atoms with Gasteiger partial charge in [0.15, 0.2) is 5.76 Å². The predicted octanol–water partition coefficient (Wildman–Crippen LogP) is 3.44. The molecule has 0 bridgehead atoms. The quantitative estimate of drug-likeness (QED) is 0.655. The summed E-state index contributed by atoms with van der Waals surface area (Å²) in [6.07, 6.45) is 0. The topological polar surface area (TPSA) is 79.6 Å². The number of nitrogens with one attached hydrogen (secondary N) is 1. The van der Waals surface area contributed by atoms with Crippen LogP contribution in [0.1, 0.15) is 15.4 Å². The van der Waals surface area contributed by atoms with Crippen molar-refractivity contribution in [2.75, 3.05) is 14.1 Å². The first-order valence-corrected chi connectivity index (χ1v) is 10.3. The van der Waals surface area contributed by atoms with Gasteiger partial charge in [-0.1, -0.05) is 12.1 Å². The minimum Gasteiger partial charge on any atom is -0.450 e. The molecule has 0 unspecified atom stereocenters. The summed E-state index contributed by atoms with van der Waals surface area (Å²) >= 11 is 4.51. The number of benzene rings is 1. The van der Waals surface area contributed by atoms with Gasteiger partial charge >= 0.3 is 0 Å². The highest BCUT2D eigenvalue weighted by atomic mass is 79.9. The van der Waals surface area contributed by atoms with Gasteiger partial charge in [-0.05, 0) is 40.2 Å². The van der Waals surface area contributed by atoms with Crippen molar-refractivity contribution in [1.29, 1.82) is 0 Å². The smallest absolute Gasteiger partial charge is 0.287 e. The van der Waals surface area contributed by atoms with Gasteiger partial charge in [-0.15, -0.1) is 11.3 Å². The number of fused-ring (bicyclic) bond motifs is 1. The van der Waals surface area contributed by atoms with Gasteiger partial charge in [0, 0.05) is 24.4 Å². The zero-order valence-corrected chi connectivity index (χ0v) is 16.7. The van der Waals surface area contributed by atoms with Crippen LogP contribution < -0.4 is 5.32 Å². The predicted molar refractivity (Wildman–Crippen MR) is 100 cm³/mol. The van der Waals surface area contributed by atoms with Crippen LogP contribution in [0.5, 0.6) is 0 Å². The fraction of sp³-hybridized carbons (Fsp3) is 0.188. The number of sulfonamides is 1. The molecule has 0 aliphatic rings. The largest absolute Gasteiger partial charge is 0.450 e. The number of carbonyl (C=O) groups is 1. The number of halogens is 1. The Morgan fingerprint density at radius 2 is 2.04 bits per heavy atom. The molecule has 0 saturated carbocycles. The van der Waals surface area contributed by atoms with Gasteiger partial charge in [0.1, 0.15) is 9.79 Å². The van der Waals surface area contributed by atoms with Crippen molar-refractivity contribution in [3.05, 3.63) is 51.5 Å². The second-order valence-corrected chi connectivity index (χ2v) is 9.86.